The molecule has 10 heteroatoms. The summed E-state index contributed by atoms with van der Waals surface area (Å²) in [5, 5.41) is 0. The van der Waals surface area contributed by atoms with Crippen LogP contribution < -0.4 is 9.64 Å². The number of anilines is 1. The van der Waals surface area contributed by atoms with Gasteiger partial charge in [-0.05, 0) is 24.3 Å². The lowest BCUT2D eigenvalue weighted by molar-refractivity contribution is -0.134. The summed E-state index contributed by atoms with van der Waals surface area (Å²) in [5.74, 6) is -0.673. The van der Waals surface area contributed by atoms with E-state index in [-0.39, 0.29) is 17.2 Å². The van der Waals surface area contributed by atoms with E-state index in [1.165, 1.54) is 18.2 Å². The van der Waals surface area contributed by atoms with Crippen molar-refractivity contribution in [1.29, 1.82) is 0 Å². The van der Waals surface area contributed by atoms with Crippen molar-refractivity contribution in [3.8, 4) is 5.75 Å². The van der Waals surface area contributed by atoms with Gasteiger partial charge in [0.15, 0.2) is 6.61 Å². The van der Waals surface area contributed by atoms with E-state index >= 15 is 0 Å². The Morgan fingerprint density at radius 2 is 1.79 bits per heavy atom. The summed E-state index contributed by atoms with van der Waals surface area (Å²) in [6, 6.07) is 6.94. The zero-order chi connectivity index (χ0) is 19.9. The average Bonchev–Trinajstić information content (AvgIpc) is 2.72. The minimum atomic E-state index is -2.99. The normalized spacial score (nSPS) is 14.1. The summed E-state index contributed by atoms with van der Waals surface area (Å²) >= 11 is 0. The van der Waals surface area contributed by atoms with Crippen molar-refractivity contribution in [3.05, 3.63) is 48.3 Å². The second kappa shape index (κ2) is 9.07. The van der Waals surface area contributed by atoms with E-state index in [1.54, 1.807) is 23.4 Å². The van der Waals surface area contributed by atoms with Gasteiger partial charge >= 0.3 is 12.6 Å². The van der Waals surface area contributed by atoms with Crippen LogP contribution in [0.15, 0.2) is 42.7 Å². The highest BCUT2D eigenvalue weighted by Crippen LogP contribution is 2.17. The third-order valence-corrected chi connectivity index (χ3v) is 4.09. The Hall–Kier alpha value is -3.30. The Kier molecular flexibility index (Phi) is 6.30. The van der Waals surface area contributed by atoms with Crippen molar-refractivity contribution in [2.45, 2.75) is 6.61 Å². The van der Waals surface area contributed by atoms with Crippen LogP contribution in [0.2, 0.25) is 0 Å². The predicted molar refractivity (Wildman–Crippen MR) is 94.2 cm³/mol. The Morgan fingerprint density at radius 1 is 1.07 bits per heavy atom. The summed E-state index contributed by atoms with van der Waals surface area (Å²) in [7, 11) is 0. The number of ether oxygens (including phenoxy) is 2. The molecule has 1 fully saturated rings. The molecule has 148 valence electrons. The van der Waals surface area contributed by atoms with Gasteiger partial charge in [-0.15, -0.1) is 0 Å². The number of carbonyl (C=O) groups excluding carboxylic acids is 2. The maximum Gasteiger partial charge on any atom is 0.387 e. The number of benzene rings is 1. The zero-order valence-electron chi connectivity index (χ0n) is 14.8. The average molecular weight is 392 g/mol. The fraction of sp³-hybridized carbons (Fsp3) is 0.333. The van der Waals surface area contributed by atoms with Crippen LogP contribution in [0.3, 0.4) is 0 Å². The molecule has 0 spiro atoms. The molecule has 2 heterocycles. The minimum Gasteiger partial charge on any atom is -0.452 e. The van der Waals surface area contributed by atoms with Crippen molar-refractivity contribution >= 4 is 17.8 Å². The molecule has 2 aromatic rings. The van der Waals surface area contributed by atoms with Gasteiger partial charge in [-0.3, -0.25) is 4.79 Å². The molecular formula is C18H18F2N4O4. The van der Waals surface area contributed by atoms with E-state index in [2.05, 4.69) is 14.7 Å². The molecule has 1 aromatic heterocycles. The van der Waals surface area contributed by atoms with Crippen molar-refractivity contribution in [3.63, 3.8) is 0 Å². The number of esters is 1. The number of amides is 1. The number of carbonyl (C=O) groups is 2. The van der Waals surface area contributed by atoms with E-state index in [1.807, 2.05) is 4.90 Å². The SMILES string of the molecule is O=C(OCC(=O)N1CCN(c2ncccn2)CC1)c1cccc(OC(F)F)c1. The van der Waals surface area contributed by atoms with Gasteiger partial charge in [0.05, 0.1) is 5.56 Å². The first-order valence-electron chi connectivity index (χ1n) is 8.54. The number of nitrogens with zero attached hydrogens (tertiary/aromatic N) is 4. The molecule has 1 aromatic carbocycles. The first-order chi connectivity index (χ1) is 13.5. The highest BCUT2D eigenvalue weighted by atomic mass is 19.3. The van der Waals surface area contributed by atoms with Crippen molar-refractivity contribution in [1.82, 2.24) is 14.9 Å². The van der Waals surface area contributed by atoms with Crippen molar-refractivity contribution in [2.75, 3.05) is 37.7 Å². The molecule has 0 aliphatic carbocycles. The third-order valence-electron chi connectivity index (χ3n) is 4.09. The van der Waals surface area contributed by atoms with Gasteiger partial charge in [0.25, 0.3) is 5.91 Å². The molecule has 0 N–H and O–H groups in total. The van der Waals surface area contributed by atoms with E-state index in [4.69, 9.17) is 4.74 Å². The van der Waals surface area contributed by atoms with E-state index in [0.717, 1.165) is 6.07 Å². The lowest BCUT2D eigenvalue weighted by atomic mass is 10.2. The Balaban J connectivity index is 1.47. The molecule has 1 aliphatic heterocycles. The van der Waals surface area contributed by atoms with Crippen LogP contribution in [-0.2, 0) is 9.53 Å². The zero-order valence-corrected chi connectivity index (χ0v) is 14.8. The molecule has 0 radical (unpaired) electrons. The lowest BCUT2D eigenvalue weighted by Crippen LogP contribution is -2.50. The molecule has 0 unspecified atom stereocenters. The molecule has 0 atom stereocenters. The van der Waals surface area contributed by atoms with Gasteiger partial charge in [-0.2, -0.15) is 8.78 Å². The summed E-state index contributed by atoms with van der Waals surface area (Å²) < 4.78 is 33.7. The number of aromatic nitrogens is 2. The maximum atomic E-state index is 12.3. The topological polar surface area (TPSA) is 84.9 Å². The summed E-state index contributed by atoms with van der Waals surface area (Å²) in [6.45, 7) is -1.39. The number of piperazine rings is 1. The van der Waals surface area contributed by atoms with Gasteiger partial charge < -0.3 is 19.3 Å². The molecule has 28 heavy (non-hydrogen) atoms. The van der Waals surface area contributed by atoms with E-state index < -0.39 is 19.2 Å². The largest absolute Gasteiger partial charge is 0.452 e. The standard InChI is InChI=1S/C18H18F2N4O4/c19-17(20)28-14-4-1-3-13(11-14)16(26)27-12-15(25)23-7-9-24(10-8-23)18-21-5-2-6-22-18/h1-6,11,17H,7-10,12H2. The number of hydrogen-bond donors (Lipinski definition) is 0. The second-order valence-corrected chi connectivity index (χ2v) is 5.90. The number of alkyl halides is 2. The fourth-order valence-electron chi connectivity index (χ4n) is 2.71. The van der Waals surface area contributed by atoms with E-state index in [0.29, 0.717) is 32.1 Å². The van der Waals surface area contributed by atoms with Crippen molar-refractivity contribution in [2.24, 2.45) is 0 Å². The molecule has 1 saturated heterocycles. The maximum absolute atomic E-state index is 12.3. The van der Waals surface area contributed by atoms with Crippen LogP contribution in [0.5, 0.6) is 5.75 Å². The van der Waals surface area contributed by atoms with Crippen LogP contribution in [0.1, 0.15) is 10.4 Å². The Bertz CT molecular complexity index is 814. The Labute approximate surface area is 159 Å². The van der Waals surface area contributed by atoms with Crippen molar-refractivity contribution < 1.29 is 27.8 Å². The highest BCUT2D eigenvalue weighted by Gasteiger charge is 2.23. The van der Waals surface area contributed by atoms with Gasteiger partial charge in [-0.25, -0.2) is 14.8 Å². The van der Waals surface area contributed by atoms with Gasteiger partial charge in [-0.1, -0.05) is 6.07 Å². The quantitative estimate of drug-likeness (QED) is 0.690. The fourth-order valence-corrected chi connectivity index (χ4v) is 2.71. The molecule has 1 aliphatic rings. The second-order valence-electron chi connectivity index (χ2n) is 5.90. The van der Waals surface area contributed by atoms with Crippen LogP contribution >= 0.6 is 0 Å². The van der Waals surface area contributed by atoms with Gasteiger partial charge in [0.2, 0.25) is 5.95 Å². The van der Waals surface area contributed by atoms with Crippen LogP contribution in [0.4, 0.5) is 14.7 Å². The number of halogens is 2. The highest BCUT2D eigenvalue weighted by molar-refractivity contribution is 5.91. The van der Waals surface area contributed by atoms with Gasteiger partial charge in [0.1, 0.15) is 5.75 Å². The smallest absolute Gasteiger partial charge is 0.387 e. The monoisotopic (exact) mass is 392 g/mol. The molecular weight excluding hydrogens is 374 g/mol. The first-order valence-corrected chi connectivity index (χ1v) is 8.54. The molecule has 3 rings (SSSR count). The molecule has 0 bridgehead atoms. The summed E-state index contributed by atoms with van der Waals surface area (Å²) in [4.78, 5) is 36.2. The van der Waals surface area contributed by atoms with Crippen LogP contribution in [0.25, 0.3) is 0 Å². The summed E-state index contributed by atoms with van der Waals surface area (Å²) in [5.41, 5.74) is 0.0250. The van der Waals surface area contributed by atoms with E-state index in [9.17, 15) is 18.4 Å². The van der Waals surface area contributed by atoms with Crippen LogP contribution in [0, 0.1) is 0 Å². The summed E-state index contributed by atoms with van der Waals surface area (Å²) in [6.07, 6.45) is 3.31. The predicted octanol–water partition coefficient (Wildman–Crippen LogP) is 1.58. The minimum absolute atomic E-state index is 0.0250. The Morgan fingerprint density at radius 3 is 2.46 bits per heavy atom. The lowest BCUT2D eigenvalue weighted by Gasteiger charge is -2.34. The number of rotatable bonds is 6. The molecule has 0 saturated carbocycles. The number of hydrogen-bond acceptors (Lipinski definition) is 7. The molecule has 1 amide bonds. The first kappa shape index (κ1) is 19.5. The molecule has 8 nitrogen and oxygen atoms in total. The van der Waals surface area contributed by atoms with Gasteiger partial charge in [0, 0.05) is 38.6 Å². The third kappa shape index (κ3) is 5.12. The van der Waals surface area contributed by atoms with Crippen LogP contribution in [-0.4, -0.2) is 66.1 Å².